The van der Waals surface area contributed by atoms with E-state index >= 15 is 0 Å². The second kappa shape index (κ2) is 6.39. The van der Waals surface area contributed by atoms with Crippen LogP contribution in [0.25, 0.3) is 10.9 Å². The molecule has 126 valence electrons. The zero-order chi connectivity index (χ0) is 17.2. The molecular formula is C19H18N4O2. The van der Waals surface area contributed by atoms with E-state index < -0.39 is 0 Å². The number of nitrogens with zero attached hydrogens (tertiary/aromatic N) is 2. The maximum atomic E-state index is 12.5. The lowest BCUT2D eigenvalue weighted by molar-refractivity contribution is -0.117. The second-order valence-corrected chi connectivity index (χ2v) is 6.14. The van der Waals surface area contributed by atoms with Crippen molar-refractivity contribution in [1.29, 1.82) is 0 Å². The van der Waals surface area contributed by atoms with Crippen LogP contribution in [0.4, 0.5) is 5.69 Å². The van der Waals surface area contributed by atoms with Crippen LogP contribution in [0.5, 0.6) is 0 Å². The van der Waals surface area contributed by atoms with Crippen LogP contribution in [0.3, 0.4) is 0 Å². The van der Waals surface area contributed by atoms with Crippen molar-refractivity contribution in [2.75, 3.05) is 11.4 Å². The van der Waals surface area contributed by atoms with Crippen molar-refractivity contribution in [3.63, 3.8) is 0 Å². The Balaban J connectivity index is 1.49. The maximum Gasteiger partial charge on any atom is 0.253 e. The minimum Gasteiger partial charge on any atom is -0.348 e. The molecule has 0 spiro atoms. The Kier molecular flexibility index (Phi) is 3.93. The third-order valence-corrected chi connectivity index (χ3v) is 4.47. The molecule has 0 radical (unpaired) electrons. The van der Waals surface area contributed by atoms with Crippen LogP contribution in [0, 0.1) is 0 Å². The number of carbonyl (C=O) groups excluding carboxylic acids is 2. The molecule has 0 atom stereocenters. The topological polar surface area (TPSA) is 78.1 Å². The average Bonchev–Trinajstić information content (AvgIpc) is 3.28. The van der Waals surface area contributed by atoms with E-state index in [1.165, 1.54) is 0 Å². The Morgan fingerprint density at radius 3 is 2.96 bits per heavy atom. The first-order valence-electron chi connectivity index (χ1n) is 8.32. The van der Waals surface area contributed by atoms with Crippen molar-refractivity contribution in [2.24, 2.45) is 0 Å². The van der Waals surface area contributed by atoms with Gasteiger partial charge in [0.15, 0.2) is 0 Å². The summed E-state index contributed by atoms with van der Waals surface area (Å²) in [6, 6.07) is 13.3. The SMILES string of the molecule is O=C(NCc1cccc(N2CCCC2=O)c1)c1cccc2cn[nH]c12. The fraction of sp³-hybridized carbons (Fsp3) is 0.211. The second-order valence-electron chi connectivity index (χ2n) is 6.14. The van der Waals surface area contributed by atoms with Crippen molar-refractivity contribution in [1.82, 2.24) is 15.5 Å². The molecule has 4 rings (SSSR count). The first-order valence-corrected chi connectivity index (χ1v) is 8.32. The van der Waals surface area contributed by atoms with Gasteiger partial charge >= 0.3 is 0 Å². The maximum absolute atomic E-state index is 12.5. The summed E-state index contributed by atoms with van der Waals surface area (Å²) in [4.78, 5) is 26.2. The third kappa shape index (κ3) is 2.98. The van der Waals surface area contributed by atoms with Gasteiger partial charge in [-0.1, -0.05) is 24.3 Å². The number of amides is 2. The van der Waals surface area contributed by atoms with E-state index in [9.17, 15) is 9.59 Å². The predicted octanol–water partition coefficient (Wildman–Crippen LogP) is 2.62. The van der Waals surface area contributed by atoms with E-state index in [2.05, 4.69) is 15.5 Å². The highest BCUT2D eigenvalue weighted by Crippen LogP contribution is 2.22. The van der Waals surface area contributed by atoms with Crippen LogP contribution in [0.1, 0.15) is 28.8 Å². The highest BCUT2D eigenvalue weighted by atomic mass is 16.2. The van der Waals surface area contributed by atoms with E-state index in [0.717, 1.165) is 35.1 Å². The molecule has 1 fully saturated rings. The Hall–Kier alpha value is -3.15. The fourth-order valence-corrected chi connectivity index (χ4v) is 3.19. The number of hydrogen-bond acceptors (Lipinski definition) is 3. The van der Waals surface area contributed by atoms with Gasteiger partial charge in [-0.25, -0.2) is 0 Å². The van der Waals surface area contributed by atoms with Gasteiger partial charge in [0, 0.05) is 30.6 Å². The van der Waals surface area contributed by atoms with Gasteiger partial charge in [0.2, 0.25) is 5.91 Å². The Labute approximate surface area is 144 Å². The van der Waals surface area contributed by atoms with Gasteiger partial charge in [0.1, 0.15) is 0 Å². The van der Waals surface area contributed by atoms with Gasteiger partial charge in [-0.15, -0.1) is 0 Å². The summed E-state index contributed by atoms with van der Waals surface area (Å²) in [5, 5.41) is 10.7. The summed E-state index contributed by atoms with van der Waals surface area (Å²) in [5.74, 6) is 0.00427. The van der Waals surface area contributed by atoms with Gasteiger partial charge in [-0.05, 0) is 30.2 Å². The molecule has 6 heteroatoms. The smallest absolute Gasteiger partial charge is 0.253 e. The van der Waals surface area contributed by atoms with E-state index in [1.54, 1.807) is 17.2 Å². The van der Waals surface area contributed by atoms with Crippen LogP contribution in [0.2, 0.25) is 0 Å². The van der Waals surface area contributed by atoms with Crippen LogP contribution in [-0.2, 0) is 11.3 Å². The molecule has 2 aromatic carbocycles. The molecule has 25 heavy (non-hydrogen) atoms. The van der Waals surface area contributed by atoms with Crippen LogP contribution >= 0.6 is 0 Å². The largest absolute Gasteiger partial charge is 0.348 e. The van der Waals surface area contributed by atoms with Crippen molar-refractivity contribution >= 4 is 28.4 Å². The summed E-state index contributed by atoms with van der Waals surface area (Å²) in [5.41, 5.74) is 3.16. The molecule has 1 aliphatic rings. The molecule has 0 unspecified atom stereocenters. The quantitative estimate of drug-likeness (QED) is 0.770. The zero-order valence-corrected chi connectivity index (χ0v) is 13.7. The van der Waals surface area contributed by atoms with Crippen molar-refractivity contribution < 1.29 is 9.59 Å². The molecule has 3 aromatic rings. The van der Waals surface area contributed by atoms with E-state index in [4.69, 9.17) is 0 Å². The first kappa shape index (κ1) is 15.4. The highest BCUT2D eigenvalue weighted by Gasteiger charge is 2.21. The molecule has 2 N–H and O–H groups in total. The number of aromatic amines is 1. The summed E-state index contributed by atoms with van der Waals surface area (Å²) in [6.45, 7) is 1.16. The first-order chi connectivity index (χ1) is 12.2. The van der Waals surface area contributed by atoms with Gasteiger partial charge in [-0.3, -0.25) is 14.7 Å². The number of rotatable bonds is 4. The van der Waals surface area contributed by atoms with Crippen LogP contribution in [0.15, 0.2) is 48.7 Å². The number of H-pyrrole nitrogens is 1. The molecule has 6 nitrogen and oxygen atoms in total. The molecule has 1 saturated heterocycles. The molecule has 0 bridgehead atoms. The number of carbonyl (C=O) groups is 2. The predicted molar refractivity (Wildman–Crippen MR) is 95.3 cm³/mol. The Morgan fingerprint density at radius 1 is 1.24 bits per heavy atom. The fourth-order valence-electron chi connectivity index (χ4n) is 3.19. The summed E-state index contributed by atoms with van der Waals surface area (Å²) in [7, 11) is 0. The minimum absolute atomic E-state index is 0.155. The number of nitrogens with one attached hydrogen (secondary N) is 2. The van der Waals surface area contributed by atoms with E-state index in [1.807, 2.05) is 36.4 Å². The highest BCUT2D eigenvalue weighted by molar-refractivity contribution is 6.05. The molecule has 1 aromatic heterocycles. The number of fused-ring (bicyclic) bond motifs is 1. The minimum atomic E-state index is -0.155. The average molecular weight is 334 g/mol. The molecule has 2 amide bonds. The standard InChI is InChI=1S/C19H18N4O2/c24-17-8-3-9-23(17)15-6-1-4-13(10-15)11-20-19(25)16-7-2-5-14-12-21-22-18(14)16/h1-2,4-7,10,12H,3,8-9,11H2,(H,20,25)(H,21,22). The number of benzene rings is 2. The molecule has 0 aliphatic carbocycles. The van der Waals surface area contributed by atoms with Crippen molar-refractivity contribution in [3.8, 4) is 0 Å². The molecule has 2 heterocycles. The summed E-state index contributed by atoms with van der Waals surface area (Å²) >= 11 is 0. The molecular weight excluding hydrogens is 316 g/mol. The number of hydrogen-bond donors (Lipinski definition) is 2. The lowest BCUT2D eigenvalue weighted by atomic mass is 10.1. The monoisotopic (exact) mass is 334 g/mol. The van der Waals surface area contributed by atoms with Crippen molar-refractivity contribution in [3.05, 3.63) is 59.8 Å². The third-order valence-electron chi connectivity index (χ3n) is 4.47. The number of anilines is 1. The summed E-state index contributed by atoms with van der Waals surface area (Å²) < 4.78 is 0. The van der Waals surface area contributed by atoms with Crippen molar-refractivity contribution in [2.45, 2.75) is 19.4 Å². The molecule has 0 saturated carbocycles. The van der Waals surface area contributed by atoms with Gasteiger partial charge < -0.3 is 10.2 Å². The number of para-hydroxylation sites is 1. The molecule has 1 aliphatic heterocycles. The zero-order valence-electron chi connectivity index (χ0n) is 13.7. The number of aromatic nitrogens is 2. The Morgan fingerprint density at radius 2 is 2.12 bits per heavy atom. The van der Waals surface area contributed by atoms with E-state index in [0.29, 0.717) is 18.5 Å². The normalized spacial score (nSPS) is 14.2. The lowest BCUT2D eigenvalue weighted by Crippen LogP contribution is -2.25. The van der Waals surface area contributed by atoms with Gasteiger partial charge in [-0.2, -0.15) is 5.10 Å². The van der Waals surface area contributed by atoms with Gasteiger partial charge in [0.25, 0.3) is 5.91 Å². The summed E-state index contributed by atoms with van der Waals surface area (Å²) in [6.07, 6.45) is 3.20. The van der Waals surface area contributed by atoms with E-state index in [-0.39, 0.29) is 11.8 Å². The van der Waals surface area contributed by atoms with Crippen LogP contribution in [-0.4, -0.2) is 28.6 Å². The van der Waals surface area contributed by atoms with Gasteiger partial charge in [0.05, 0.1) is 17.3 Å². The lowest BCUT2D eigenvalue weighted by Gasteiger charge is -2.16. The van der Waals surface area contributed by atoms with Crippen LogP contribution < -0.4 is 10.2 Å². The Bertz CT molecular complexity index is 947.